The summed E-state index contributed by atoms with van der Waals surface area (Å²) in [5.74, 6) is -0.262. The van der Waals surface area contributed by atoms with E-state index in [1.807, 2.05) is 55.5 Å². The molecule has 4 aromatic carbocycles. The second kappa shape index (κ2) is 11.8. The first-order valence-electron chi connectivity index (χ1n) is 12.9. The van der Waals surface area contributed by atoms with Crippen molar-refractivity contribution in [2.24, 2.45) is 0 Å². The summed E-state index contributed by atoms with van der Waals surface area (Å²) in [5.41, 5.74) is 4.78. The molecule has 2 N–H and O–H groups in total. The Morgan fingerprint density at radius 2 is 1.75 bits per heavy atom. The molecule has 4 aromatic rings. The number of hydrogen-bond donors (Lipinski definition) is 2. The lowest BCUT2D eigenvalue weighted by molar-refractivity contribution is 0.0852. The van der Waals surface area contributed by atoms with Crippen molar-refractivity contribution in [2.45, 2.75) is 30.4 Å². The highest BCUT2D eigenvalue weighted by Gasteiger charge is 2.33. The third kappa shape index (κ3) is 6.21. The summed E-state index contributed by atoms with van der Waals surface area (Å²) >= 11 is 6.03. The van der Waals surface area contributed by atoms with Crippen molar-refractivity contribution in [3.63, 3.8) is 0 Å². The number of nitrogens with one attached hydrogen (secondary N) is 1. The molecule has 0 bridgehead atoms. The van der Waals surface area contributed by atoms with Crippen molar-refractivity contribution in [2.75, 3.05) is 23.4 Å². The van der Waals surface area contributed by atoms with E-state index in [9.17, 15) is 18.3 Å². The number of aryl methyl sites for hydroxylation is 1. The maximum Gasteiger partial charge on any atom is 0.297 e. The number of carbonyl (C=O) groups is 1. The number of amides is 1. The van der Waals surface area contributed by atoms with Crippen molar-refractivity contribution in [1.82, 2.24) is 0 Å². The molecule has 206 valence electrons. The van der Waals surface area contributed by atoms with Gasteiger partial charge in [0.2, 0.25) is 0 Å². The molecule has 0 saturated carbocycles. The molecule has 1 amide bonds. The van der Waals surface area contributed by atoms with Gasteiger partial charge in [-0.15, -0.1) is 0 Å². The average Bonchev–Trinajstić information content (AvgIpc) is 3.35. The molecule has 0 aliphatic carbocycles. The van der Waals surface area contributed by atoms with Gasteiger partial charge in [-0.2, -0.15) is 8.42 Å². The molecule has 5 rings (SSSR count). The number of rotatable bonds is 9. The van der Waals surface area contributed by atoms with Crippen molar-refractivity contribution in [3.8, 4) is 0 Å². The zero-order valence-electron chi connectivity index (χ0n) is 21.8. The van der Waals surface area contributed by atoms with Crippen LogP contribution in [0.5, 0.6) is 0 Å². The molecule has 0 unspecified atom stereocenters. The van der Waals surface area contributed by atoms with Crippen molar-refractivity contribution < 1.29 is 22.5 Å². The Morgan fingerprint density at radius 1 is 1.00 bits per heavy atom. The first-order valence-corrected chi connectivity index (χ1v) is 14.7. The van der Waals surface area contributed by atoms with Crippen LogP contribution in [0, 0.1) is 6.92 Å². The minimum absolute atomic E-state index is 0.0421. The van der Waals surface area contributed by atoms with Gasteiger partial charge >= 0.3 is 0 Å². The summed E-state index contributed by atoms with van der Waals surface area (Å²) in [5, 5.41) is 14.7. The number of carbonyl (C=O) groups excluding carboxylic acids is 1. The van der Waals surface area contributed by atoms with E-state index in [2.05, 4.69) is 10.2 Å². The number of aliphatic hydroxyl groups is 1. The van der Waals surface area contributed by atoms with Crippen LogP contribution in [0.3, 0.4) is 0 Å². The smallest absolute Gasteiger partial charge is 0.297 e. The third-order valence-electron chi connectivity index (χ3n) is 6.90. The van der Waals surface area contributed by atoms with Gasteiger partial charge < -0.3 is 15.3 Å². The van der Waals surface area contributed by atoms with E-state index >= 15 is 0 Å². The Bertz CT molecular complexity index is 1610. The molecule has 0 fully saturated rings. The molecule has 1 aliphatic rings. The molecule has 0 radical (unpaired) electrons. The summed E-state index contributed by atoms with van der Waals surface area (Å²) in [4.78, 5) is 14.8. The summed E-state index contributed by atoms with van der Waals surface area (Å²) in [6.07, 6.45) is -0.454. The van der Waals surface area contributed by atoms with Crippen LogP contribution in [-0.2, 0) is 20.7 Å². The van der Waals surface area contributed by atoms with Gasteiger partial charge in [-0.05, 0) is 73.0 Å². The van der Waals surface area contributed by atoms with E-state index < -0.39 is 28.9 Å². The fourth-order valence-electron chi connectivity index (χ4n) is 4.91. The van der Waals surface area contributed by atoms with Crippen LogP contribution in [-0.4, -0.2) is 38.7 Å². The SMILES string of the molecule is Cc1ccc(S(=O)(=O)OC[C@@H](O)[C@H](c2ccccc2)N2CCc3cc(NC(=O)c4cccc(Cl)c4)ccc32)cc1. The fourth-order valence-corrected chi connectivity index (χ4v) is 6.02. The zero-order valence-corrected chi connectivity index (χ0v) is 23.4. The first-order chi connectivity index (χ1) is 19.2. The number of halogens is 1. The molecule has 40 heavy (non-hydrogen) atoms. The standard InChI is InChI=1S/C31H29ClN2O5S/c1-21-10-13-27(14-11-21)40(37,38)39-20-29(35)30(22-6-3-2-4-7-22)34-17-16-23-19-26(12-15-28(23)34)33-31(36)24-8-5-9-25(32)18-24/h2-15,18-19,29-30,35H,16-17,20H2,1H3,(H,33,36)/t29-,30+/m1/s1. The van der Waals surface area contributed by atoms with Crippen LogP contribution in [0.25, 0.3) is 0 Å². The van der Waals surface area contributed by atoms with Crippen molar-refractivity contribution in [3.05, 3.63) is 124 Å². The van der Waals surface area contributed by atoms with Gasteiger partial charge in [-0.25, -0.2) is 0 Å². The van der Waals surface area contributed by atoms with Crippen LogP contribution in [0.4, 0.5) is 11.4 Å². The lowest BCUT2D eigenvalue weighted by Crippen LogP contribution is -2.38. The minimum Gasteiger partial charge on any atom is -0.388 e. The van der Waals surface area contributed by atoms with E-state index in [0.717, 1.165) is 22.4 Å². The van der Waals surface area contributed by atoms with E-state index in [0.29, 0.717) is 29.2 Å². The second-order valence-corrected chi connectivity index (χ2v) is 11.8. The number of hydrogen-bond acceptors (Lipinski definition) is 6. The summed E-state index contributed by atoms with van der Waals surface area (Å²) in [7, 11) is -4.04. The van der Waals surface area contributed by atoms with Crippen molar-refractivity contribution in [1.29, 1.82) is 0 Å². The third-order valence-corrected chi connectivity index (χ3v) is 8.43. The normalized spacial score (nSPS) is 14.4. The van der Waals surface area contributed by atoms with Gasteiger partial charge in [0.25, 0.3) is 16.0 Å². The van der Waals surface area contributed by atoms with E-state index in [-0.39, 0.29) is 10.8 Å². The van der Waals surface area contributed by atoms with Crippen LogP contribution < -0.4 is 10.2 Å². The van der Waals surface area contributed by atoms with E-state index in [1.54, 1.807) is 36.4 Å². The Labute approximate surface area is 239 Å². The monoisotopic (exact) mass is 576 g/mol. The Kier molecular flexibility index (Phi) is 8.23. The van der Waals surface area contributed by atoms with Crippen LogP contribution in [0.2, 0.25) is 5.02 Å². The largest absolute Gasteiger partial charge is 0.388 e. The van der Waals surface area contributed by atoms with E-state index in [4.69, 9.17) is 15.8 Å². The number of fused-ring (bicyclic) bond motifs is 1. The van der Waals surface area contributed by atoms with Gasteiger partial charge in [0.1, 0.15) is 6.10 Å². The molecule has 2 atom stereocenters. The number of benzene rings is 4. The molecular weight excluding hydrogens is 548 g/mol. The Morgan fingerprint density at radius 3 is 2.48 bits per heavy atom. The minimum atomic E-state index is -4.04. The molecule has 9 heteroatoms. The fraction of sp³-hybridized carbons (Fsp3) is 0.194. The molecule has 0 saturated heterocycles. The molecule has 0 spiro atoms. The highest BCUT2D eigenvalue weighted by molar-refractivity contribution is 7.86. The Balaban J connectivity index is 1.36. The summed E-state index contributed by atoms with van der Waals surface area (Å²) in [6.45, 7) is 2.06. The Hall–Kier alpha value is -3.69. The van der Waals surface area contributed by atoms with Crippen LogP contribution in [0.15, 0.2) is 102 Å². The quantitative estimate of drug-likeness (QED) is 0.246. The number of nitrogens with zero attached hydrogens (tertiary/aromatic N) is 1. The number of anilines is 2. The molecule has 0 aromatic heterocycles. The summed E-state index contributed by atoms with van der Waals surface area (Å²) in [6, 6.07) is 27.7. The highest BCUT2D eigenvalue weighted by Crippen LogP contribution is 2.38. The predicted molar refractivity (Wildman–Crippen MR) is 156 cm³/mol. The van der Waals surface area contributed by atoms with Crippen LogP contribution in [0.1, 0.15) is 33.1 Å². The highest BCUT2D eigenvalue weighted by atomic mass is 35.5. The average molecular weight is 577 g/mol. The lowest BCUT2D eigenvalue weighted by atomic mass is 9.99. The zero-order chi connectivity index (χ0) is 28.3. The maximum absolute atomic E-state index is 12.8. The van der Waals surface area contributed by atoms with Gasteiger partial charge in [0.15, 0.2) is 0 Å². The molecule has 1 heterocycles. The van der Waals surface area contributed by atoms with E-state index in [1.165, 1.54) is 12.1 Å². The van der Waals surface area contributed by atoms with Gasteiger partial charge in [-0.3, -0.25) is 8.98 Å². The maximum atomic E-state index is 12.8. The molecular formula is C31H29ClN2O5S. The summed E-state index contributed by atoms with van der Waals surface area (Å²) < 4.78 is 30.9. The first kappa shape index (κ1) is 27.9. The topological polar surface area (TPSA) is 95.9 Å². The molecule has 1 aliphatic heterocycles. The second-order valence-electron chi connectivity index (χ2n) is 9.73. The predicted octanol–water partition coefficient (Wildman–Crippen LogP) is 5.77. The van der Waals surface area contributed by atoms with Crippen LogP contribution >= 0.6 is 11.6 Å². The van der Waals surface area contributed by atoms with Gasteiger partial charge in [0, 0.05) is 28.5 Å². The molecule has 7 nitrogen and oxygen atoms in total. The van der Waals surface area contributed by atoms with Gasteiger partial charge in [-0.1, -0.05) is 65.7 Å². The lowest BCUT2D eigenvalue weighted by Gasteiger charge is -2.34. The van der Waals surface area contributed by atoms with Gasteiger partial charge in [0.05, 0.1) is 17.5 Å². The van der Waals surface area contributed by atoms with Crippen molar-refractivity contribution >= 4 is 39.0 Å². The number of aliphatic hydroxyl groups excluding tert-OH is 1.